The molecule has 0 aromatic carbocycles. The summed E-state index contributed by atoms with van der Waals surface area (Å²) in [5, 5.41) is 2.96. The zero-order valence-electron chi connectivity index (χ0n) is 11.2. The van der Waals surface area contributed by atoms with Crippen LogP contribution in [0.25, 0.3) is 0 Å². The van der Waals surface area contributed by atoms with Crippen molar-refractivity contribution in [2.45, 2.75) is 77.2 Å². The Bertz CT molecular complexity index is 200. The van der Waals surface area contributed by atoms with Crippen LogP contribution in [0.3, 0.4) is 0 Å². The van der Waals surface area contributed by atoms with Gasteiger partial charge in [0.1, 0.15) is 0 Å². The molecule has 1 N–H and O–H groups in total. The number of hydrogen-bond donors (Lipinski definition) is 1. The maximum Gasteiger partial charge on any atom is 0.407 e. The van der Waals surface area contributed by atoms with Crippen molar-refractivity contribution in [3.63, 3.8) is 0 Å². The zero-order chi connectivity index (χ0) is 12.3. The van der Waals surface area contributed by atoms with E-state index in [4.69, 9.17) is 4.74 Å². The van der Waals surface area contributed by atoms with E-state index in [0.29, 0.717) is 12.6 Å². The average Bonchev–Trinajstić information content (AvgIpc) is 2.35. The average molecular weight is 241 g/mol. The summed E-state index contributed by atoms with van der Waals surface area (Å²) in [6, 6.07) is 0.358. The van der Waals surface area contributed by atoms with Crippen molar-refractivity contribution in [1.29, 1.82) is 0 Å². The molecule has 1 rings (SSSR count). The summed E-state index contributed by atoms with van der Waals surface area (Å²) in [6.45, 7) is 2.77. The first kappa shape index (κ1) is 14.3. The van der Waals surface area contributed by atoms with E-state index in [9.17, 15) is 4.79 Å². The number of rotatable bonds is 7. The van der Waals surface area contributed by atoms with Crippen LogP contribution in [0.4, 0.5) is 4.79 Å². The molecule has 3 heteroatoms. The highest BCUT2D eigenvalue weighted by Gasteiger charge is 2.15. The fraction of sp³-hybridized carbons (Fsp3) is 0.929. The van der Waals surface area contributed by atoms with Gasteiger partial charge in [-0.2, -0.15) is 0 Å². The number of unbranched alkanes of at least 4 members (excludes halogenated alkanes) is 4. The van der Waals surface area contributed by atoms with E-state index in [1.807, 2.05) is 0 Å². The minimum Gasteiger partial charge on any atom is -0.450 e. The van der Waals surface area contributed by atoms with Crippen LogP contribution >= 0.6 is 0 Å². The first-order chi connectivity index (χ1) is 8.33. The van der Waals surface area contributed by atoms with Crippen molar-refractivity contribution < 1.29 is 9.53 Å². The lowest BCUT2D eigenvalue weighted by atomic mass is 9.96. The second-order valence-corrected chi connectivity index (χ2v) is 5.03. The predicted octanol–water partition coefficient (Wildman–Crippen LogP) is 4.02. The van der Waals surface area contributed by atoms with E-state index in [-0.39, 0.29) is 6.09 Å². The molecule has 0 bridgehead atoms. The molecule has 1 amide bonds. The van der Waals surface area contributed by atoms with Crippen LogP contribution < -0.4 is 5.32 Å². The van der Waals surface area contributed by atoms with Crippen LogP contribution in [0.15, 0.2) is 0 Å². The third-order valence-electron chi connectivity index (χ3n) is 3.41. The van der Waals surface area contributed by atoms with E-state index in [1.165, 1.54) is 44.9 Å². The maximum absolute atomic E-state index is 11.5. The molecule has 0 saturated heterocycles. The molecule has 0 aromatic rings. The Kier molecular flexibility index (Phi) is 7.85. The monoisotopic (exact) mass is 241 g/mol. The highest BCUT2D eigenvalue weighted by atomic mass is 16.5. The lowest BCUT2D eigenvalue weighted by Gasteiger charge is -2.22. The molecule has 0 spiro atoms. The van der Waals surface area contributed by atoms with Crippen molar-refractivity contribution in [2.75, 3.05) is 6.61 Å². The lowest BCUT2D eigenvalue weighted by molar-refractivity contribution is 0.137. The predicted molar refractivity (Wildman–Crippen MR) is 70.1 cm³/mol. The molecular formula is C14H27NO2. The van der Waals surface area contributed by atoms with Gasteiger partial charge in [0.25, 0.3) is 0 Å². The van der Waals surface area contributed by atoms with Crippen molar-refractivity contribution >= 4 is 6.09 Å². The van der Waals surface area contributed by atoms with Gasteiger partial charge in [0, 0.05) is 6.04 Å². The number of alkyl carbamates (subject to hydrolysis) is 1. The standard InChI is InChI=1S/C14H27NO2/c1-2-3-4-5-9-12-17-14(16)15-13-10-7-6-8-11-13/h13H,2-12H2,1H3,(H,15,16). The van der Waals surface area contributed by atoms with Gasteiger partial charge < -0.3 is 10.1 Å². The van der Waals surface area contributed by atoms with Crippen molar-refractivity contribution in [3.05, 3.63) is 0 Å². The Labute approximate surface area is 105 Å². The highest BCUT2D eigenvalue weighted by Crippen LogP contribution is 2.17. The third kappa shape index (κ3) is 7.24. The smallest absolute Gasteiger partial charge is 0.407 e. The Hall–Kier alpha value is -0.730. The van der Waals surface area contributed by atoms with Gasteiger partial charge in [-0.1, -0.05) is 51.9 Å². The molecule has 1 saturated carbocycles. The van der Waals surface area contributed by atoms with Gasteiger partial charge in [0.05, 0.1) is 6.61 Å². The number of hydrogen-bond acceptors (Lipinski definition) is 2. The van der Waals surface area contributed by atoms with Gasteiger partial charge in [0.2, 0.25) is 0 Å². The van der Waals surface area contributed by atoms with Crippen LogP contribution in [0.2, 0.25) is 0 Å². The molecule has 0 aromatic heterocycles. The minimum atomic E-state index is -0.215. The molecule has 3 nitrogen and oxygen atoms in total. The second-order valence-electron chi connectivity index (χ2n) is 5.03. The van der Waals surface area contributed by atoms with Gasteiger partial charge in [-0.05, 0) is 19.3 Å². The van der Waals surface area contributed by atoms with Gasteiger partial charge in [-0.3, -0.25) is 0 Å². The molecule has 0 aliphatic heterocycles. The molecule has 17 heavy (non-hydrogen) atoms. The summed E-state index contributed by atoms with van der Waals surface area (Å²) < 4.78 is 5.17. The van der Waals surface area contributed by atoms with Crippen LogP contribution in [-0.4, -0.2) is 18.7 Å². The fourth-order valence-corrected chi connectivity index (χ4v) is 2.33. The van der Waals surface area contributed by atoms with Gasteiger partial charge in [-0.15, -0.1) is 0 Å². The zero-order valence-corrected chi connectivity index (χ0v) is 11.2. The molecule has 0 radical (unpaired) electrons. The maximum atomic E-state index is 11.5. The van der Waals surface area contributed by atoms with Crippen LogP contribution in [-0.2, 0) is 4.74 Å². The van der Waals surface area contributed by atoms with E-state index < -0.39 is 0 Å². The quantitative estimate of drug-likeness (QED) is 0.684. The van der Waals surface area contributed by atoms with E-state index in [1.54, 1.807) is 0 Å². The molecule has 0 heterocycles. The molecule has 0 atom stereocenters. The Morgan fingerprint density at radius 2 is 1.82 bits per heavy atom. The summed E-state index contributed by atoms with van der Waals surface area (Å²) >= 11 is 0. The number of nitrogens with one attached hydrogen (secondary N) is 1. The number of carbonyl (C=O) groups is 1. The first-order valence-electron chi connectivity index (χ1n) is 7.26. The molecule has 1 fully saturated rings. The Morgan fingerprint density at radius 3 is 2.53 bits per heavy atom. The van der Waals surface area contributed by atoms with Crippen molar-refractivity contribution in [2.24, 2.45) is 0 Å². The molecule has 1 aliphatic carbocycles. The minimum absolute atomic E-state index is 0.215. The molecule has 1 aliphatic rings. The Balaban J connectivity index is 1.93. The number of ether oxygens (including phenoxy) is 1. The van der Waals surface area contributed by atoms with E-state index in [0.717, 1.165) is 19.3 Å². The van der Waals surface area contributed by atoms with Crippen LogP contribution in [0.5, 0.6) is 0 Å². The Morgan fingerprint density at radius 1 is 1.12 bits per heavy atom. The SMILES string of the molecule is CCCCCCCOC(=O)NC1CCCCC1. The van der Waals surface area contributed by atoms with Crippen LogP contribution in [0, 0.1) is 0 Å². The van der Waals surface area contributed by atoms with E-state index >= 15 is 0 Å². The lowest BCUT2D eigenvalue weighted by Crippen LogP contribution is -2.36. The fourth-order valence-electron chi connectivity index (χ4n) is 2.33. The third-order valence-corrected chi connectivity index (χ3v) is 3.41. The largest absolute Gasteiger partial charge is 0.450 e. The normalized spacial score (nSPS) is 16.8. The van der Waals surface area contributed by atoms with Crippen molar-refractivity contribution in [1.82, 2.24) is 5.32 Å². The van der Waals surface area contributed by atoms with Gasteiger partial charge >= 0.3 is 6.09 Å². The number of amides is 1. The summed E-state index contributed by atoms with van der Waals surface area (Å²) in [5.41, 5.74) is 0. The summed E-state index contributed by atoms with van der Waals surface area (Å²) in [5.74, 6) is 0. The molecule has 100 valence electrons. The highest BCUT2D eigenvalue weighted by molar-refractivity contribution is 5.67. The van der Waals surface area contributed by atoms with Gasteiger partial charge in [0.15, 0.2) is 0 Å². The van der Waals surface area contributed by atoms with E-state index in [2.05, 4.69) is 12.2 Å². The van der Waals surface area contributed by atoms with Crippen molar-refractivity contribution in [3.8, 4) is 0 Å². The molecule has 0 unspecified atom stereocenters. The van der Waals surface area contributed by atoms with Crippen LogP contribution in [0.1, 0.15) is 71.1 Å². The topological polar surface area (TPSA) is 38.3 Å². The first-order valence-corrected chi connectivity index (χ1v) is 7.26. The summed E-state index contributed by atoms with van der Waals surface area (Å²) in [7, 11) is 0. The number of carbonyl (C=O) groups excluding carboxylic acids is 1. The second kappa shape index (κ2) is 9.32. The summed E-state index contributed by atoms with van der Waals surface area (Å²) in [6.07, 6.45) is 11.8. The molecular weight excluding hydrogens is 214 g/mol. The summed E-state index contributed by atoms with van der Waals surface area (Å²) in [4.78, 5) is 11.5. The van der Waals surface area contributed by atoms with Gasteiger partial charge in [-0.25, -0.2) is 4.79 Å².